The van der Waals surface area contributed by atoms with E-state index >= 15 is 0 Å². The van der Waals surface area contributed by atoms with Gasteiger partial charge in [-0.2, -0.15) is 0 Å². The summed E-state index contributed by atoms with van der Waals surface area (Å²) in [7, 11) is -1.27. The molecule has 2 aromatic carbocycles. The second kappa shape index (κ2) is 8.53. The molecule has 0 aliphatic heterocycles. The fourth-order valence-corrected chi connectivity index (χ4v) is 3.86. The summed E-state index contributed by atoms with van der Waals surface area (Å²) in [6, 6.07) is 14.2. The number of aryl methyl sites for hydroxylation is 2. The van der Waals surface area contributed by atoms with Gasteiger partial charge in [-0.1, -0.05) is 24.3 Å². The SMILES string of the molecule is Cc1cccc(C)c1-c1nc(NSc2cccc(C(=O)O)c2)cc(S(C)=O)n1. The van der Waals surface area contributed by atoms with Gasteiger partial charge in [0.2, 0.25) is 0 Å². The van der Waals surface area contributed by atoms with Crippen LogP contribution in [0.5, 0.6) is 0 Å². The standard InChI is InChI=1S/C20H19N3O3S2/c1-12-6-4-7-13(2)18(12)19-21-16(11-17(22-19)28(3)26)23-27-15-9-5-8-14(10-15)20(24)25/h4-11H,1-3H3,(H,24,25)(H,21,22,23). The molecule has 0 radical (unpaired) electrons. The molecule has 0 saturated carbocycles. The van der Waals surface area contributed by atoms with Crippen molar-refractivity contribution in [3.63, 3.8) is 0 Å². The Hall–Kier alpha value is -2.71. The Labute approximate surface area is 170 Å². The van der Waals surface area contributed by atoms with Gasteiger partial charge in [-0.05, 0) is 55.1 Å². The molecule has 1 aromatic heterocycles. The third kappa shape index (κ3) is 4.58. The number of aromatic carboxylic acids is 1. The molecule has 144 valence electrons. The highest BCUT2D eigenvalue weighted by Gasteiger charge is 2.13. The number of nitrogens with one attached hydrogen (secondary N) is 1. The van der Waals surface area contributed by atoms with Crippen LogP contribution in [0.4, 0.5) is 5.82 Å². The molecule has 0 bridgehead atoms. The molecular weight excluding hydrogens is 394 g/mol. The van der Waals surface area contributed by atoms with Crippen molar-refractivity contribution in [2.45, 2.75) is 23.8 Å². The van der Waals surface area contributed by atoms with Crippen molar-refractivity contribution in [3.8, 4) is 11.4 Å². The van der Waals surface area contributed by atoms with Gasteiger partial charge in [-0.3, -0.25) is 4.21 Å². The van der Waals surface area contributed by atoms with Crippen molar-refractivity contribution in [1.29, 1.82) is 0 Å². The highest BCUT2D eigenvalue weighted by atomic mass is 32.2. The van der Waals surface area contributed by atoms with E-state index in [1.54, 1.807) is 30.5 Å². The molecule has 0 fully saturated rings. The van der Waals surface area contributed by atoms with E-state index in [9.17, 15) is 9.00 Å². The van der Waals surface area contributed by atoms with Gasteiger partial charge in [0.1, 0.15) is 10.8 Å². The summed E-state index contributed by atoms with van der Waals surface area (Å²) in [5, 5.41) is 9.55. The zero-order valence-corrected chi connectivity index (χ0v) is 17.2. The number of carbonyl (C=O) groups is 1. The third-order valence-electron chi connectivity index (χ3n) is 4.06. The van der Waals surface area contributed by atoms with Crippen molar-refractivity contribution in [3.05, 3.63) is 65.2 Å². The highest BCUT2D eigenvalue weighted by Crippen LogP contribution is 2.28. The fraction of sp³-hybridized carbons (Fsp3) is 0.150. The minimum atomic E-state index is -1.27. The van der Waals surface area contributed by atoms with Crippen molar-refractivity contribution < 1.29 is 14.1 Å². The van der Waals surface area contributed by atoms with Crippen LogP contribution in [-0.2, 0) is 10.8 Å². The Morgan fingerprint density at radius 3 is 2.39 bits per heavy atom. The van der Waals surface area contributed by atoms with Crippen molar-refractivity contribution >= 4 is 34.5 Å². The molecule has 6 nitrogen and oxygen atoms in total. The summed E-state index contributed by atoms with van der Waals surface area (Å²) in [5.41, 5.74) is 3.19. The summed E-state index contributed by atoms with van der Waals surface area (Å²) in [4.78, 5) is 20.9. The average Bonchev–Trinajstić information content (AvgIpc) is 2.66. The van der Waals surface area contributed by atoms with E-state index in [1.165, 1.54) is 18.0 Å². The van der Waals surface area contributed by atoms with Gasteiger partial charge < -0.3 is 9.83 Å². The molecular formula is C20H19N3O3S2. The first kappa shape index (κ1) is 20.0. The van der Waals surface area contributed by atoms with Crippen LogP contribution in [0.25, 0.3) is 11.4 Å². The van der Waals surface area contributed by atoms with E-state index in [0.717, 1.165) is 21.6 Å². The van der Waals surface area contributed by atoms with Crippen LogP contribution in [0.15, 0.2) is 58.5 Å². The third-order valence-corrected chi connectivity index (χ3v) is 5.66. The first-order valence-corrected chi connectivity index (χ1v) is 10.8. The molecule has 8 heteroatoms. The molecule has 3 rings (SSSR count). The maximum Gasteiger partial charge on any atom is 0.335 e. The van der Waals surface area contributed by atoms with Gasteiger partial charge in [0.15, 0.2) is 5.82 Å². The van der Waals surface area contributed by atoms with E-state index in [0.29, 0.717) is 16.7 Å². The topological polar surface area (TPSA) is 92.2 Å². The predicted octanol–water partition coefficient (Wildman–Crippen LogP) is 4.32. The summed E-state index contributed by atoms with van der Waals surface area (Å²) in [5.74, 6) is 0.0275. The van der Waals surface area contributed by atoms with Gasteiger partial charge in [0, 0.05) is 22.8 Å². The minimum absolute atomic E-state index is 0.209. The van der Waals surface area contributed by atoms with Gasteiger partial charge >= 0.3 is 5.97 Å². The van der Waals surface area contributed by atoms with Crippen LogP contribution in [0.3, 0.4) is 0 Å². The average molecular weight is 414 g/mol. The number of nitrogens with zero attached hydrogens (tertiary/aromatic N) is 2. The second-order valence-electron chi connectivity index (χ2n) is 6.17. The minimum Gasteiger partial charge on any atom is -0.478 e. The van der Waals surface area contributed by atoms with Crippen molar-refractivity contribution in [1.82, 2.24) is 9.97 Å². The predicted molar refractivity (Wildman–Crippen MR) is 112 cm³/mol. The lowest BCUT2D eigenvalue weighted by Gasteiger charge is -2.12. The maximum atomic E-state index is 12.1. The van der Waals surface area contributed by atoms with Crippen LogP contribution >= 0.6 is 11.9 Å². The summed E-state index contributed by atoms with van der Waals surface area (Å²) in [6.45, 7) is 3.97. The molecule has 0 aliphatic carbocycles. The van der Waals surface area contributed by atoms with E-state index < -0.39 is 16.8 Å². The quantitative estimate of drug-likeness (QED) is 0.459. The zero-order valence-electron chi connectivity index (χ0n) is 15.6. The van der Waals surface area contributed by atoms with Gasteiger partial charge in [-0.25, -0.2) is 14.8 Å². The molecule has 0 saturated heterocycles. The van der Waals surface area contributed by atoms with Gasteiger partial charge in [0.05, 0.1) is 16.4 Å². The Morgan fingerprint density at radius 1 is 1.07 bits per heavy atom. The highest BCUT2D eigenvalue weighted by molar-refractivity contribution is 8.00. The lowest BCUT2D eigenvalue weighted by Crippen LogP contribution is -2.03. The Bertz CT molecular complexity index is 1050. The number of aromatic nitrogens is 2. The molecule has 2 N–H and O–H groups in total. The van der Waals surface area contributed by atoms with Crippen molar-refractivity contribution in [2.24, 2.45) is 0 Å². The van der Waals surface area contributed by atoms with Crippen LogP contribution in [-0.4, -0.2) is 31.5 Å². The number of carboxylic acids is 1. The summed E-state index contributed by atoms with van der Waals surface area (Å²) < 4.78 is 15.2. The molecule has 0 spiro atoms. The smallest absolute Gasteiger partial charge is 0.335 e. The first-order valence-electron chi connectivity index (χ1n) is 8.40. The lowest BCUT2D eigenvalue weighted by atomic mass is 10.0. The summed E-state index contributed by atoms with van der Waals surface area (Å²) in [6.07, 6.45) is 1.57. The number of hydrogen-bond acceptors (Lipinski definition) is 6. The lowest BCUT2D eigenvalue weighted by molar-refractivity contribution is 0.0696. The number of carboxylic acid groups (broad SMARTS) is 1. The molecule has 1 atom stereocenters. The van der Waals surface area contributed by atoms with E-state index in [-0.39, 0.29) is 5.56 Å². The molecule has 1 heterocycles. The Kier molecular flexibility index (Phi) is 6.11. The molecule has 0 aliphatic rings. The molecule has 1 unspecified atom stereocenters. The number of anilines is 1. The summed E-state index contributed by atoms with van der Waals surface area (Å²) >= 11 is 1.24. The van der Waals surface area contributed by atoms with Crippen LogP contribution in [0.1, 0.15) is 21.5 Å². The first-order chi connectivity index (χ1) is 13.3. The van der Waals surface area contributed by atoms with Gasteiger partial charge in [0.25, 0.3) is 0 Å². The zero-order chi connectivity index (χ0) is 20.3. The van der Waals surface area contributed by atoms with Gasteiger partial charge in [-0.15, -0.1) is 0 Å². The van der Waals surface area contributed by atoms with Crippen LogP contribution in [0, 0.1) is 13.8 Å². The van der Waals surface area contributed by atoms with Crippen molar-refractivity contribution in [2.75, 3.05) is 11.0 Å². The second-order valence-corrected chi connectivity index (χ2v) is 8.38. The normalized spacial score (nSPS) is 11.8. The van der Waals surface area contributed by atoms with Crippen LogP contribution in [0.2, 0.25) is 0 Å². The van der Waals surface area contributed by atoms with E-state index in [1.807, 2.05) is 32.0 Å². The molecule has 0 amide bonds. The maximum absolute atomic E-state index is 12.1. The molecule has 3 aromatic rings. The number of rotatable bonds is 6. The van der Waals surface area contributed by atoms with E-state index in [4.69, 9.17) is 5.11 Å². The van der Waals surface area contributed by atoms with E-state index in [2.05, 4.69) is 14.7 Å². The monoisotopic (exact) mass is 413 g/mol. The Balaban J connectivity index is 1.95. The molecule has 28 heavy (non-hydrogen) atoms. The van der Waals surface area contributed by atoms with Crippen LogP contribution < -0.4 is 4.72 Å². The Morgan fingerprint density at radius 2 is 1.75 bits per heavy atom. The number of benzene rings is 2. The number of hydrogen-bond donors (Lipinski definition) is 2. The fourth-order valence-electron chi connectivity index (χ4n) is 2.71. The largest absolute Gasteiger partial charge is 0.478 e.